The maximum atomic E-state index is 13.5. The molecule has 7 nitrogen and oxygen atoms in total. The summed E-state index contributed by atoms with van der Waals surface area (Å²) in [5.74, 6) is -0.774. The number of carbonyl (C=O) groups excluding carboxylic acids is 1. The van der Waals surface area contributed by atoms with Crippen LogP contribution in [0.25, 0.3) is 11.0 Å². The number of hydrogen-bond donors (Lipinski definition) is 1. The number of amides is 1. The molecule has 4 rings (SSSR count). The summed E-state index contributed by atoms with van der Waals surface area (Å²) >= 11 is 0. The van der Waals surface area contributed by atoms with E-state index in [4.69, 9.17) is 0 Å². The molecule has 0 saturated carbocycles. The topological polar surface area (TPSA) is 78.4 Å². The number of rotatable bonds is 3. The van der Waals surface area contributed by atoms with Gasteiger partial charge in [0, 0.05) is 31.9 Å². The first-order chi connectivity index (χ1) is 13.9. The lowest BCUT2D eigenvalue weighted by atomic mass is 10.2. The predicted molar refractivity (Wildman–Crippen MR) is 109 cm³/mol. The number of hydrogen-bond acceptors (Lipinski definition) is 4. The third-order valence-corrected chi connectivity index (χ3v) is 5.23. The van der Waals surface area contributed by atoms with E-state index in [2.05, 4.69) is 16.0 Å². The first-order valence-corrected chi connectivity index (χ1v) is 9.44. The van der Waals surface area contributed by atoms with Crippen LogP contribution in [0, 0.1) is 12.7 Å². The number of aromatic amines is 1. The third-order valence-electron chi connectivity index (χ3n) is 5.23. The minimum absolute atomic E-state index is 0.187. The number of nitrogens with one attached hydrogen (secondary N) is 1. The normalized spacial score (nSPS) is 14.4. The molecule has 0 unspecified atom stereocenters. The second kappa shape index (κ2) is 7.54. The van der Waals surface area contributed by atoms with E-state index in [0.29, 0.717) is 31.7 Å². The fourth-order valence-corrected chi connectivity index (χ4v) is 3.68. The molecule has 3 aromatic rings. The van der Waals surface area contributed by atoms with Crippen LogP contribution in [0.1, 0.15) is 5.56 Å². The van der Waals surface area contributed by atoms with Crippen LogP contribution in [-0.2, 0) is 11.3 Å². The van der Waals surface area contributed by atoms with Crippen LogP contribution in [-0.4, -0.2) is 46.5 Å². The van der Waals surface area contributed by atoms with Gasteiger partial charge in [0.15, 0.2) is 0 Å². The molecule has 1 amide bonds. The molecular weight excluding hydrogens is 375 g/mol. The van der Waals surface area contributed by atoms with Crippen molar-refractivity contribution in [3.63, 3.8) is 0 Å². The first kappa shape index (κ1) is 18.9. The largest absolute Gasteiger partial charge is 0.368 e. The van der Waals surface area contributed by atoms with Crippen molar-refractivity contribution in [2.75, 3.05) is 31.1 Å². The molecule has 8 heteroatoms. The van der Waals surface area contributed by atoms with Gasteiger partial charge in [0.2, 0.25) is 5.91 Å². The zero-order valence-corrected chi connectivity index (χ0v) is 16.0. The molecule has 2 heterocycles. The Labute approximate surface area is 166 Å². The molecule has 1 fully saturated rings. The molecule has 1 aromatic heterocycles. The van der Waals surface area contributed by atoms with Crippen molar-refractivity contribution < 1.29 is 9.18 Å². The maximum absolute atomic E-state index is 13.5. The average molecular weight is 396 g/mol. The number of nitrogens with zero attached hydrogens (tertiary/aromatic N) is 3. The number of anilines is 1. The molecule has 0 aliphatic carbocycles. The fourth-order valence-electron chi connectivity index (χ4n) is 3.68. The fraction of sp³-hybridized carbons (Fsp3) is 0.286. The van der Waals surface area contributed by atoms with Crippen LogP contribution in [0.3, 0.4) is 0 Å². The van der Waals surface area contributed by atoms with E-state index in [1.54, 1.807) is 4.90 Å². The van der Waals surface area contributed by atoms with Gasteiger partial charge >= 0.3 is 11.1 Å². The van der Waals surface area contributed by atoms with Crippen molar-refractivity contribution in [3.05, 3.63) is 74.6 Å². The Balaban J connectivity index is 1.52. The Bertz CT molecular complexity index is 1190. The molecular formula is C21H21FN4O3. The van der Waals surface area contributed by atoms with E-state index < -0.39 is 16.9 Å². The highest BCUT2D eigenvalue weighted by Gasteiger charge is 2.22. The van der Waals surface area contributed by atoms with Crippen molar-refractivity contribution in [1.82, 2.24) is 14.5 Å². The zero-order chi connectivity index (χ0) is 20.5. The van der Waals surface area contributed by atoms with Gasteiger partial charge in [0.1, 0.15) is 12.4 Å². The molecule has 150 valence electrons. The molecule has 2 aromatic carbocycles. The van der Waals surface area contributed by atoms with Crippen molar-refractivity contribution >= 4 is 22.6 Å². The highest BCUT2D eigenvalue weighted by molar-refractivity contribution is 5.80. The summed E-state index contributed by atoms with van der Waals surface area (Å²) < 4.78 is 14.6. The van der Waals surface area contributed by atoms with E-state index in [0.717, 1.165) is 16.3 Å². The third kappa shape index (κ3) is 3.78. The van der Waals surface area contributed by atoms with Gasteiger partial charge in [0.25, 0.3) is 0 Å². The van der Waals surface area contributed by atoms with Crippen LogP contribution in [0.2, 0.25) is 0 Å². The van der Waals surface area contributed by atoms with Gasteiger partial charge in [-0.3, -0.25) is 19.0 Å². The number of carbonyl (C=O) groups is 1. The van der Waals surface area contributed by atoms with Crippen LogP contribution < -0.4 is 16.0 Å². The molecule has 1 aliphatic heterocycles. The number of fused-ring (bicyclic) bond motifs is 1. The minimum Gasteiger partial charge on any atom is -0.368 e. The van der Waals surface area contributed by atoms with Gasteiger partial charge in [-0.15, -0.1) is 0 Å². The second-order valence-electron chi connectivity index (χ2n) is 7.21. The van der Waals surface area contributed by atoms with Gasteiger partial charge in [-0.2, -0.15) is 0 Å². The van der Waals surface area contributed by atoms with Crippen molar-refractivity contribution in [1.29, 1.82) is 0 Å². The summed E-state index contributed by atoms with van der Waals surface area (Å²) in [5.41, 5.74) is 1.11. The number of aryl methyl sites for hydroxylation is 1. The molecule has 0 spiro atoms. The lowest BCUT2D eigenvalue weighted by Crippen LogP contribution is -2.50. The van der Waals surface area contributed by atoms with E-state index in [1.807, 2.05) is 25.1 Å². The molecule has 0 bridgehead atoms. The Morgan fingerprint density at radius 1 is 1.07 bits per heavy atom. The summed E-state index contributed by atoms with van der Waals surface area (Å²) in [4.78, 5) is 43.3. The number of halogens is 1. The molecule has 0 atom stereocenters. The van der Waals surface area contributed by atoms with E-state index >= 15 is 0 Å². The van der Waals surface area contributed by atoms with E-state index in [9.17, 15) is 18.8 Å². The van der Waals surface area contributed by atoms with Gasteiger partial charge in [-0.25, -0.2) is 4.39 Å². The van der Waals surface area contributed by atoms with Gasteiger partial charge in [-0.05, 0) is 42.8 Å². The van der Waals surface area contributed by atoms with Crippen LogP contribution in [0.4, 0.5) is 10.1 Å². The Morgan fingerprint density at radius 2 is 1.83 bits per heavy atom. The van der Waals surface area contributed by atoms with E-state index in [1.165, 1.54) is 17.7 Å². The minimum atomic E-state index is -0.875. The summed E-state index contributed by atoms with van der Waals surface area (Å²) in [6.07, 6.45) is 0. The van der Waals surface area contributed by atoms with Crippen molar-refractivity contribution in [3.8, 4) is 0 Å². The smallest absolute Gasteiger partial charge is 0.317 e. The Hall–Kier alpha value is -3.42. The maximum Gasteiger partial charge on any atom is 0.317 e. The van der Waals surface area contributed by atoms with Crippen molar-refractivity contribution in [2.45, 2.75) is 13.5 Å². The lowest BCUT2D eigenvalue weighted by molar-refractivity contribution is -0.132. The number of aromatic nitrogens is 2. The predicted octanol–water partition coefficient (Wildman–Crippen LogP) is 1.49. The quantitative estimate of drug-likeness (QED) is 0.681. The first-order valence-electron chi connectivity index (χ1n) is 9.44. The van der Waals surface area contributed by atoms with Crippen LogP contribution in [0.5, 0.6) is 0 Å². The Kier molecular flexibility index (Phi) is 4.92. The summed E-state index contributed by atoms with van der Waals surface area (Å²) in [6, 6.07) is 11.9. The number of piperazine rings is 1. The van der Waals surface area contributed by atoms with Gasteiger partial charge < -0.3 is 14.8 Å². The summed E-state index contributed by atoms with van der Waals surface area (Å²) in [5, 5.41) is 0. The molecule has 0 radical (unpaired) electrons. The van der Waals surface area contributed by atoms with E-state index in [-0.39, 0.29) is 18.0 Å². The van der Waals surface area contributed by atoms with Gasteiger partial charge in [0.05, 0.1) is 11.0 Å². The monoisotopic (exact) mass is 396 g/mol. The second-order valence-corrected chi connectivity index (χ2v) is 7.21. The van der Waals surface area contributed by atoms with Gasteiger partial charge in [-0.1, -0.05) is 12.1 Å². The lowest BCUT2D eigenvalue weighted by Gasteiger charge is -2.36. The highest BCUT2D eigenvalue weighted by atomic mass is 19.1. The van der Waals surface area contributed by atoms with Crippen molar-refractivity contribution in [2.24, 2.45) is 0 Å². The number of benzene rings is 2. The SMILES string of the molecule is Cc1cccc(N2CCN(C(=O)Cn3c(=O)c(=O)[nH]c4cc(F)ccc43)CC2)c1. The Morgan fingerprint density at radius 3 is 2.55 bits per heavy atom. The summed E-state index contributed by atoms with van der Waals surface area (Å²) in [6.45, 7) is 4.21. The zero-order valence-electron chi connectivity index (χ0n) is 16.0. The van der Waals surface area contributed by atoms with Crippen LogP contribution >= 0.6 is 0 Å². The number of H-pyrrole nitrogens is 1. The molecule has 29 heavy (non-hydrogen) atoms. The highest BCUT2D eigenvalue weighted by Crippen LogP contribution is 2.18. The summed E-state index contributed by atoms with van der Waals surface area (Å²) in [7, 11) is 0. The average Bonchev–Trinajstić information content (AvgIpc) is 2.71. The standard InChI is InChI=1S/C21H21FN4O3/c1-14-3-2-4-16(11-14)24-7-9-25(10-8-24)19(27)13-26-18-6-5-15(22)12-17(18)23-20(28)21(26)29/h2-6,11-12H,7-10,13H2,1H3,(H,23,28). The molecule has 1 saturated heterocycles. The van der Waals surface area contributed by atoms with Crippen LogP contribution in [0.15, 0.2) is 52.1 Å². The molecule has 1 aliphatic rings. The molecule has 1 N–H and O–H groups in total.